The quantitative estimate of drug-likeness (QED) is 0.903. The summed E-state index contributed by atoms with van der Waals surface area (Å²) in [5, 5.41) is 9.82. The Hall–Kier alpha value is -1.78. The Morgan fingerprint density at radius 3 is 2.62 bits per heavy atom. The van der Waals surface area contributed by atoms with E-state index in [1.54, 1.807) is 38.3 Å². The first kappa shape index (κ1) is 15.6. The second kappa shape index (κ2) is 6.78. The molecular formula is C16H16ClFO3. The van der Waals surface area contributed by atoms with E-state index >= 15 is 0 Å². The van der Waals surface area contributed by atoms with Crippen LogP contribution in [0.3, 0.4) is 0 Å². The monoisotopic (exact) mass is 310 g/mol. The van der Waals surface area contributed by atoms with E-state index in [-0.39, 0.29) is 11.6 Å². The van der Waals surface area contributed by atoms with Crippen LogP contribution in [-0.4, -0.2) is 12.2 Å². The number of methoxy groups -OCH3 is 1. The molecule has 2 aromatic carbocycles. The fourth-order valence-electron chi connectivity index (χ4n) is 1.90. The Bertz CT molecular complexity index is 629. The van der Waals surface area contributed by atoms with Gasteiger partial charge in [-0.15, -0.1) is 0 Å². The van der Waals surface area contributed by atoms with Crippen molar-refractivity contribution in [1.82, 2.24) is 0 Å². The van der Waals surface area contributed by atoms with E-state index in [9.17, 15) is 9.50 Å². The standard InChI is InChI=1S/C16H16ClFO3/c1-10(19)13-5-4-12(20-2)8-16(13)21-9-11-3-6-14(17)15(18)7-11/h3-8,10,19H,9H2,1-2H3/t10-/m1/s1. The average Bonchev–Trinajstić information content (AvgIpc) is 2.48. The maximum absolute atomic E-state index is 13.4. The molecule has 0 aliphatic rings. The largest absolute Gasteiger partial charge is 0.497 e. The summed E-state index contributed by atoms with van der Waals surface area (Å²) in [5.74, 6) is 0.635. The third kappa shape index (κ3) is 3.86. The number of aliphatic hydroxyl groups is 1. The van der Waals surface area contributed by atoms with Crippen molar-refractivity contribution in [2.24, 2.45) is 0 Å². The molecule has 0 heterocycles. The zero-order valence-electron chi connectivity index (χ0n) is 11.8. The molecule has 0 aliphatic carbocycles. The molecule has 1 N–H and O–H groups in total. The van der Waals surface area contributed by atoms with Gasteiger partial charge in [0, 0.05) is 11.6 Å². The van der Waals surface area contributed by atoms with Gasteiger partial charge in [-0.2, -0.15) is 0 Å². The van der Waals surface area contributed by atoms with Gasteiger partial charge in [-0.05, 0) is 36.8 Å². The highest BCUT2D eigenvalue weighted by atomic mass is 35.5. The summed E-state index contributed by atoms with van der Waals surface area (Å²) in [6, 6.07) is 9.67. The van der Waals surface area contributed by atoms with Crippen molar-refractivity contribution in [1.29, 1.82) is 0 Å². The molecule has 0 saturated heterocycles. The molecular weight excluding hydrogens is 295 g/mol. The molecule has 0 aromatic heterocycles. The second-order valence-electron chi connectivity index (χ2n) is 4.62. The smallest absolute Gasteiger partial charge is 0.142 e. The maximum atomic E-state index is 13.4. The van der Waals surface area contributed by atoms with Gasteiger partial charge in [0.2, 0.25) is 0 Å². The van der Waals surface area contributed by atoms with Crippen molar-refractivity contribution in [3.63, 3.8) is 0 Å². The van der Waals surface area contributed by atoms with Gasteiger partial charge in [0.1, 0.15) is 23.9 Å². The zero-order chi connectivity index (χ0) is 15.4. The highest BCUT2D eigenvalue weighted by Gasteiger charge is 2.11. The number of hydrogen-bond donors (Lipinski definition) is 1. The lowest BCUT2D eigenvalue weighted by molar-refractivity contribution is 0.190. The van der Waals surface area contributed by atoms with Gasteiger partial charge >= 0.3 is 0 Å². The van der Waals surface area contributed by atoms with Crippen LogP contribution in [0.2, 0.25) is 5.02 Å². The van der Waals surface area contributed by atoms with Crippen LogP contribution in [0.4, 0.5) is 4.39 Å². The summed E-state index contributed by atoms with van der Waals surface area (Å²) >= 11 is 5.64. The normalized spacial score (nSPS) is 12.0. The van der Waals surface area contributed by atoms with E-state index in [1.807, 2.05) is 0 Å². The second-order valence-corrected chi connectivity index (χ2v) is 5.02. The Labute approximate surface area is 127 Å². The summed E-state index contributed by atoms with van der Waals surface area (Å²) in [7, 11) is 1.55. The Kier molecular flexibility index (Phi) is 5.04. The number of aliphatic hydroxyl groups excluding tert-OH is 1. The summed E-state index contributed by atoms with van der Waals surface area (Å²) in [5.41, 5.74) is 1.29. The minimum Gasteiger partial charge on any atom is -0.497 e. The Morgan fingerprint density at radius 2 is 2.00 bits per heavy atom. The van der Waals surface area contributed by atoms with Crippen LogP contribution >= 0.6 is 11.6 Å². The van der Waals surface area contributed by atoms with E-state index in [1.165, 1.54) is 12.1 Å². The van der Waals surface area contributed by atoms with Crippen molar-refractivity contribution in [3.8, 4) is 11.5 Å². The molecule has 0 bridgehead atoms. The fourth-order valence-corrected chi connectivity index (χ4v) is 2.02. The van der Waals surface area contributed by atoms with Crippen LogP contribution in [0.5, 0.6) is 11.5 Å². The summed E-state index contributed by atoms with van der Waals surface area (Å²) in [6.45, 7) is 1.82. The van der Waals surface area contributed by atoms with Crippen LogP contribution in [0, 0.1) is 5.82 Å². The van der Waals surface area contributed by atoms with Gasteiger partial charge in [0.25, 0.3) is 0 Å². The third-order valence-electron chi connectivity index (χ3n) is 3.05. The number of ether oxygens (including phenoxy) is 2. The van der Waals surface area contributed by atoms with Gasteiger partial charge in [0.05, 0.1) is 18.2 Å². The topological polar surface area (TPSA) is 38.7 Å². The summed E-state index contributed by atoms with van der Waals surface area (Å²) in [4.78, 5) is 0. The van der Waals surface area contributed by atoms with Gasteiger partial charge in [-0.25, -0.2) is 4.39 Å². The summed E-state index contributed by atoms with van der Waals surface area (Å²) < 4.78 is 24.2. The van der Waals surface area contributed by atoms with E-state index < -0.39 is 11.9 Å². The minimum atomic E-state index is -0.673. The third-order valence-corrected chi connectivity index (χ3v) is 3.36. The van der Waals surface area contributed by atoms with Gasteiger partial charge in [0.15, 0.2) is 0 Å². The van der Waals surface area contributed by atoms with Crippen LogP contribution < -0.4 is 9.47 Å². The lowest BCUT2D eigenvalue weighted by atomic mass is 10.1. The molecule has 5 heteroatoms. The molecule has 21 heavy (non-hydrogen) atoms. The molecule has 2 rings (SSSR count). The first-order valence-corrected chi connectivity index (χ1v) is 6.81. The lowest BCUT2D eigenvalue weighted by Gasteiger charge is -2.15. The molecule has 0 radical (unpaired) electrons. The number of hydrogen-bond acceptors (Lipinski definition) is 3. The molecule has 0 saturated carbocycles. The maximum Gasteiger partial charge on any atom is 0.142 e. The molecule has 0 spiro atoms. The lowest BCUT2D eigenvalue weighted by Crippen LogP contribution is -2.02. The van der Waals surface area contributed by atoms with Crippen LogP contribution in [-0.2, 0) is 6.61 Å². The molecule has 112 valence electrons. The minimum absolute atomic E-state index is 0.0739. The predicted molar refractivity (Wildman–Crippen MR) is 79.4 cm³/mol. The Balaban J connectivity index is 2.19. The highest BCUT2D eigenvalue weighted by Crippen LogP contribution is 2.30. The number of halogens is 2. The van der Waals surface area contributed by atoms with Crippen LogP contribution in [0.1, 0.15) is 24.2 Å². The van der Waals surface area contributed by atoms with Crippen molar-refractivity contribution < 1.29 is 19.0 Å². The number of rotatable bonds is 5. The molecule has 0 amide bonds. The predicted octanol–water partition coefficient (Wildman–Crippen LogP) is 4.12. The van der Waals surface area contributed by atoms with Gasteiger partial charge < -0.3 is 14.6 Å². The molecule has 2 aromatic rings. The molecule has 1 atom stereocenters. The van der Waals surface area contributed by atoms with Crippen molar-refractivity contribution in [3.05, 3.63) is 58.4 Å². The molecule has 0 fully saturated rings. The van der Waals surface area contributed by atoms with Crippen molar-refractivity contribution in [2.75, 3.05) is 7.11 Å². The highest BCUT2D eigenvalue weighted by molar-refractivity contribution is 6.30. The fraction of sp³-hybridized carbons (Fsp3) is 0.250. The van der Waals surface area contributed by atoms with Crippen LogP contribution in [0.25, 0.3) is 0 Å². The summed E-state index contributed by atoms with van der Waals surface area (Å²) in [6.07, 6.45) is -0.673. The van der Waals surface area contributed by atoms with Gasteiger partial charge in [-0.3, -0.25) is 0 Å². The average molecular weight is 311 g/mol. The molecule has 0 unspecified atom stereocenters. The van der Waals surface area contributed by atoms with Crippen molar-refractivity contribution >= 4 is 11.6 Å². The van der Waals surface area contributed by atoms with E-state index in [4.69, 9.17) is 21.1 Å². The first-order chi connectivity index (χ1) is 10.0. The SMILES string of the molecule is COc1ccc([C@@H](C)O)c(OCc2ccc(Cl)c(F)c2)c1. The van der Waals surface area contributed by atoms with E-state index in [0.29, 0.717) is 22.6 Å². The zero-order valence-corrected chi connectivity index (χ0v) is 12.5. The van der Waals surface area contributed by atoms with E-state index in [0.717, 1.165) is 0 Å². The number of benzene rings is 2. The Morgan fingerprint density at radius 1 is 1.24 bits per heavy atom. The van der Waals surface area contributed by atoms with Crippen LogP contribution in [0.15, 0.2) is 36.4 Å². The van der Waals surface area contributed by atoms with E-state index in [2.05, 4.69) is 0 Å². The first-order valence-electron chi connectivity index (χ1n) is 6.44. The molecule has 3 nitrogen and oxygen atoms in total. The molecule has 0 aliphatic heterocycles. The van der Waals surface area contributed by atoms with Crippen molar-refractivity contribution in [2.45, 2.75) is 19.6 Å². The van der Waals surface area contributed by atoms with Gasteiger partial charge in [-0.1, -0.05) is 17.7 Å².